The van der Waals surface area contributed by atoms with Crippen LogP contribution in [0.1, 0.15) is 36.3 Å². The molecule has 2 atom stereocenters. The van der Waals surface area contributed by atoms with Crippen LogP contribution in [-0.4, -0.2) is 23.3 Å². The van der Waals surface area contributed by atoms with Gasteiger partial charge in [-0.05, 0) is 36.8 Å². The highest BCUT2D eigenvalue weighted by Crippen LogP contribution is 2.22. The molecular weight excluding hydrogens is 318 g/mol. The number of rotatable bonds is 5. The van der Waals surface area contributed by atoms with Crippen molar-refractivity contribution in [3.8, 4) is 6.07 Å². The number of carbonyl (C=O) groups is 2. The van der Waals surface area contributed by atoms with Crippen LogP contribution in [-0.2, 0) is 16.1 Å². The van der Waals surface area contributed by atoms with Crippen molar-refractivity contribution in [3.63, 3.8) is 0 Å². The van der Waals surface area contributed by atoms with Crippen molar-refractivity contribution in [1.82, 2.24) is 10.2 Å². The number of amides is 2. The van der Waals surface area contributed by atoms with Gasteiger partial charge in [-0.15, -0.1) is 0 Å². The molecule has 1 fully saturated rings. The molecule has 2 amide bonds. The molecule has 2 heterocycles. The second kappa shape index (κ2) is 7.22. The third-order valence-corrected chi connectivity index (χ3v) is 4.41. The minimum absolute atomic E-state index is 0.0393. The highest BCUT2D eigenvalue weighted by Gasteiger charge is 2.35. The number of carbonyl (C=O) groups excluding carboxylic acids is 2. The summed E-state index contributed by atoms with van der Waals surface area (Å²) >= 11 is 0. The molecule has 1 aromatic heterocycles. The number of benzene rings is 1. The van der Waals surface area contributed by atoms with E-state index in [1.807, 2.05) is 25.1 Å². The van der Waals surface area contributed by atoms with Gasteiger partial charge in [0, 0.05) is 13.0 Å². The zero-order valence-electron chi connectivity index (χ0n) is 13.9. The summed E-state index contributed by atoms with van der Waals surface area (Å²) in [5.41, 5.74) is 1.50. The Morgan fingerprint density at radius 2 is 2.16 bits per heavy atom. The molecule has 0 aliphatic carbocycles. The van der Waals surface area contributed by atoms with Crippen LogP contribution in [0.15, 0.2) is 47.1 Å². The van der Waals surface area contributed by atoms with E-state index < -0.39 is 0 Å². The molecule has 0 radical (unpaired) electrons. The summed E-state index contributed by atoms with van der Waals surface area (Å²) < 4.78 is 5.26. The summed E-state index contributed by atoms with van der Waals surface area (Å²) in [6, 6.07) is 12.6. The van der Waals surface area contributed by atoms with Crippen molar-refractivity contribution in [1.29, 1.82) is 5.26 Å². The van der Waals surface area contributed by atoms with Gasteiger partial charge in [0.05, 0.1) is 36.4 Å². The third kappa shape index (κ3) is 3.89. The molecule has 6 heteroatoms. The summed E-state index contributed by atoms with van der Waals surface area (Å²) in [6.07, 6.45) is 1.78. The lowest BCUT2D eigenvalue weighted by molar-refractivity contribution is -0.129. The van der Waals surface area contributed by atoms with E-state index in [2.05, 4.69) is 11.4 Å². The van der Waals surface area contributed by atoms with Crippen molar-refractivity contribution >= 4 is 11.8 Å². The fraction of sp³-hybridized carbons (Fsp3) is 0.316. The molecule has 6 nitrogen and oxygen atoms in total. The van der Waals surface area contributed by atoms with Gasteiger partial charge in [-0.1, -0.05) is 12.1 Å². The van der Waals surface area contributed by atoms with Crippen LogP contribution < -0.4 is 5.32 Å². The highest BCUT2D eigenvalue weighted by molar-refractivity contribution is 5.89. The van der Waals surface area contributed by atoms with Crippen molar-refractivity contribution < 1.29 is 14.0 Å². The van der Waals surface area contributed by atoms with E-state index in [0.29, 0.717) is 24.4 Å². The minimum Gasteiger partial charge on any atom is -0.467 e. The van der Waals surface area contributed by atoms with Gasteiger partial charge in [-0.3, -0.25) is 9.59 Å². The van der Waals surface area contributed by atoms with Crippen LogP contribution in [0.3, 0.4) is 0 Å². The molecule has 1 saturated heterocycles. The summed E-state index contributed by atoms with van der Waals surface area (Å²) in [7, 11) is 0. The Kier molecular flexibility index (Phi) is 4.85. The van der Waals surface area contributed by atoms with Crippen LogP contribution in [0.4, 0.5) is 0 Å². The van der Waals surface area contributed by atoms with Crippen molar-refractivity contribution in [3.05, 3.63) is 59.5 Å². The van der Waals surface area contributed by atoms with Gasteiger partial charge in [0.1, 0.15) is 5.76 Å². The maximum Gasteiger partial charge on any atom is 0.225 e. The SMILES string of the molecule is CC(NC(=O)C1CC(=O)N(Cc2ccco2)C1)c1ccc(C#N)cc1. The van der Waals surface area contributed by atoms with Crippen LogP contribution >= 0.6 is 0 Å². The van der Waals surface area contributed by atoms with Gasteiger partial charge >= 0.3 is 0 Å². The minimum atomic E-state index is -0.358. The van der Waals surface area contributed by atoms with E-state index in [9.17, 15) is 9.59 Å². The first-order chi connectivity index (χ1) is 12.1. The maximum absolute atomic E-state index is 12.5. The normalized spacial score (nSPS) is 18.0. The second-order valence-corrected chi connectivity index (χ2v) is 6.22. The zero-order chi connectivity index (χ0) is 17.8. The predicted molar refractivity (Wildman–Crippen MR) is 89.9 cm³/mol. The van der Waals surface area contributed by atoms with E-state index in [4.69, 9.17) is 9.68 Å². The van der Waals surface area contributed by atoms with Crippen LogP contribution in [0.25, 0.3) is 0 Å². The molecular formula is C19H19N3O3. The molecule has 0 spiro atoms. The Morgan fingerprint density at radius 3 is 2.80 bits per heavy atom. The van der Waals surface area contributed by atoms with E-state index >= 15 is 0 Å². The average Bonchev–Trinajstić information content (AvgIpc) is 3.25. The lowest BCUT2D eigenvalue weighted by Gasteiger charge is -2.18. The Bertz CT molecular complexity index is 790. The van der Waals surface area contributed by atoms with Gasteiger partial charge in [0.15, 0.2) is 0 Å². The summed E-state index contributed by atoms with van der Waals surface area (Å²) in [5, 5.41) is 11.8. The summed E-state index contributed by atoms with van der Waals surface area (Å²) in [5.74, 6) is 0.179. The van der Waals surface area contributed by atoms with E-state index in [0.717, 1.165) is 5.56 Å². The van der Waals surface area contributed by atoms with E-state index in [1.165, 1.54) is 0 Å². The molecule has 1 aliphatic heterocycles. The van der Waals surface area contributed by atoms with Crippen LogP contribution in [0, 0.1) is 17.2 Å². The number of likely N-dealkylation sites (tertiary alicyclic amines) is 1. The average molecular weight is 337 g/mol. The second-order valence-electron chi connectivity index (χ2n) is 6.22. The topological polar surface area (TPSA) is 86.3 Å². The first kappa shape index (κ1) is 16.8. The molecule has 1 aromatic carbocycles. The fourth-order valence-corrected chi connectivity index (χ4v) is 2.95. The molecule has 2 unspecified atom stereocenters. The largest absolute Gasteiger partial charge is 0.467 e. The molecule has 128 valence electrons. The Balaban J connectivity index is 1.57. The molecule has 0 saturated carbocycles. The molecule has 0 bridgehead atoms. The highest BCUT2D eigenvalue weighted by atomic mass is 16.3. The van der Waals surface area contributed by atoms with Crippen molar-refractivity contribution in [2.45, 2.75) is 25.9 Å². The lowest BCUT2D eigenvalue weighted by atomic mass is 10.0. The number of nitriles is 1. The maximum atomic E-state index is 12.5. The number of nitrogens with zero attached hydrogens (tertiary/aromatic N) is 2. The first-order valence-corrected chi connectivity index (χ1v) is 8.17. The number of hydrogen-bond acceptors (Lipinski definition) is 4. The van der Waals surface area contributed by atoms with Gasteiger partial charge in [0.2, 0.25) is 11.8 Å². The molecule has 2 aromatic rings. The summed E-state index contributed by atoms with van der Waals surface area (Å²) in [4.78, 5) is 26.2. The van der Waals surface area contributed by atoms with Crippen LogP contribution in [0.2, 0.25) is 0 Å². The number of hydrogen-bond donors (Lipinski definition) is 1. The monoisotopic (exact) mass is 337 g/mol. The van der Waals surface area contributed by atoms with E-state index in [-0.39, 0.29) is 30.2 Å². The van der Waals surface area contributed by atoms with Crippen LogP contribution in [0.5, 0.6) is 0 Å². The Hall–Kier alpha value is -3.07. The summed E-state index contributed by atoms with van der Waals surface area (Å²) in [6.45, 7) is 2.67. The fourth-order valence-electron chi connectivity index (χ4n) is 2.95. The van der Waals surface area contributed by atoms with Crippen molar-refractivity contribution in [2.75, 3.05) is 6.54 Å². The Morgan fingerprint density at radius 1 is 1.40 bits per heavy atom. The predicted octanol–water partition coefficient (Wildman–Crippen LogP) is 2.38. The molecule has 1 aliphatic rings. The molecule has 1 N–H and O–H groups in total. The third-order valence-electron chi connectivity index (χ3n) is 4.41. The Labute approximate surface area is 146 Å². The number of nitrogens with one attached hydrogen (secondary N) is 1. The van der Waals surface area contributed by atoms with E-state index in [1.54, 1.807) is 29.4 Å². The zero-order valence-corrected chi connectivity index (χ0v) is 13.9. The van der Waals surface area contributed by atoms with Gasteiger partial charge < -0.3 is 14.6 Å². The lowest BCUT2D eigenvalue weighted by Crippen LogP contribution is -2.34. The molecule has 3 rings (SSSR count). The van der Waals surface area contributed by atoms with Gasteiger partial charge in [-0.25, -0.2) is 0 Å². The smallest absolute Gasteiger partial charge is 0.225 e. The first-order valence-electron chi connectivity index (χ1n) is 8.17. The van der Waals surface area contributed by atoms with Gasteiger partial charge in [0.25, 0.3) is 0 Å². The number of furan rings is 1. The van der Waals surface area contributed by atoms with Crippen molar-refractivity contribution in [2.24, 2.45) is 5.92 Å². The van der Waals surface area contributed by atoms with Gasteiger partial charge in [-0.2, -0.15) is 5.26 Å². The quantitative estimate of drug-likeness (QED) is 0.907. The standard InChI is InChI=1S/C19H19N3O3/c1-13(15-6-4-14(10-20)5-7-15)21-19(24)16-9-18(23)22(11-16)12-17-3-2-8-25-17/h2-8,13,16H,9,11-12H2,1H3,(H,21,24). The molecule has 25 heavy (non-hydrogen) atoms.